The van der Waals surface area contributed by atoms with Crippen LogP contribution in [0, 0.1) is 0 Å². The van der Waals surface area contributed by atoms with E-state index in [1.54, 1.807) is 24.3 Å². The highest BCUT2D eigenvalue weighted by Gasteiger charge is 2.18. The number of aromatic amines is 1. The molecule has 0 saturated carbocycles. The average Bonchev–Trinajstić information content (AvgIpc) is 2.66. The van der Waals surface area contributed by atoms with Crippen LogP contribution in [0.15, 0.2) is 58.4 Å². The average molecular weight is 334 g/mol. The standard InChI is InChI=1S/C18H14N4O3/c23-17-12-6-2-1-5-11(12)16(20-21-17)18(24)22-19-14-9-10-25-15-8-4-3-7-13(14)15/h1-8H,9-10H2,(H,21,23)(H,22,24)/b19-14-. The third-order valence-electron chi connectivity index (χ3n) is 4.00. The van der Waals surface area contributed by atoms with Gasteiger partial charge in [0.25, 0.3) is 11.5 Å². The lowest BCUT2D eigenvalue weighted by atomic mass is 10.0. The van der Waals surface area contributed by atoms with Gasteiger partial charge in [-0.25, -0.2) is 10.5 Å². The topological polar surface area (TPSA) is 96.4 Å². The molecule has 1 amide bonds. The number of benzene rings is 2. The number of hydrogen-bond donors (Lipinski definition) is 2. The normalized spacial score (nSPS) is 14.8. The van der Waals surface area contributed by atoms with Crippen LogP contribution in [-0.4, -0.2) is 28.4 Å². The Morgan fingerprint density at radius 1 is 1.12 bits per heavy atom. The largest absolute Gasteiger partial charge is 0.492 e. The zero-order valence-electron chi connectivity index (χ0n) is 13.2. The van der Waals surface area contributed by atoms with E-state index >= 15 is 0 Å². The molecule has 25 heavy (non-hydrogen) atoms. The fourth-order valence-electron chi connectivity index (χ4n) is 2.80. The van der Waals surface area contributed by atoms with Gasteiger partial charge in [0, 0.05) is 17.4 Å². The molecule has 124 valence electrons. The van der Waals surface area contributed by atoms with Crippen molar-refractivity contribution >= 4 is 22.4 Å². The first kappa shape index (κ1) is 15.1. The molecule has 0 fully saturated rings. The maximum atomic E-state index is 12.5. The van der Waals surface area contributed by atoms with Crippen LogP contribution in [0.4, 0.5) is 0 Å². The van der Waals surface area contributed by atoms with Crippen molar-refractivity contribution in [1.29, 1.82) is 0 Å². The molecule has 0 spiro atoms. The van der Waals surface area contributed by atoms with Gasteiger partial charge < -0.3 is 4.74 Å². The molecule has 4 rings (SSSR count). The predicted molar refractivity (Wildman–Crippen MR) is 92.9 cm³/mol. The second-order valence-electron chi connectivity index (χ2n) is 5.54. The van der Waals surface area contributed by atoms with E-state index in [2.05, 4.69) is 20.7 Å². The van der Waals surface area contributed by atoms with Crippen molar-refractivity contribution < 1.29 is 9.53 Å². The van der Waals surface area contributed by atoms with Crippen LogP contribution in [0.1, 0.15) is 22.5 Å². The second-order valence-corrected chi connectivity index (χ2v) is 5.54. The highest BCUT2D eigenvalue weighted by atomic mass is 16.5. The van der Waals surface area contributed by atoms with Crippen LogP contribution < -0.4 is 15.7 Å². The number of ether oxygens (including phenoxy) is 1. The van der Waals surface area contributed by atoms with Crippen LogP contribution in [0.2, 0.25) is 0 Å². The Hall–Kier alpha value is -3.48. The molecule has 1 aliphatic heterocycles. The lowest BCUT2D eigenvalue weighted by Crippen LogP contribution is -2.25. The third-order valence-corrected chi connectivity index (χ3v) is 4.00. The minimum Gasteiger partial charge on any atom is -0.492 e. The summed E-state index contributed by atoms with van der Waals surface area (Å²) in [7, 11) is 0. The SMILES string of the molecule is O=C(N/N=C1/CCOc2ccccc21)c1n[nH]c(=O)c2ccccc12. The van der Waals surface area contributed by atoms with E-state index in [0.29, 0.717) is 23.8 Å². The molecule has 0 radical (unpaired) electrons. The van der Waals surface area contributed by atoms with E-state index < -0.39 is 5.91 Å². The van der Waals surface area contributed by atoms with Crippen molar-refractivity contribution in [2.75, 3.05) is 6.61 Å². The minimum absolute atomic E-state index is 0.125. The molecule has 0 aliphatic carbocycles. The fourth-order valence-corrected chi connectivity index (χ4v) is 2.80. The monoisotopic (exact) mass is 334 g/mol. The van der Waals surface area contributed by atoms with Crippen molar-refractivity contribution in [2.24, 2.45) is 5.10 Å². The highest BCUT2D eigenvalue weighted by Crippen LogP contribution is 2.24. The number of rotatable bonds is 2. The van der Waals surface area contributed by atoms with E-state index in [-0.39, 0.29) is 11.3 Å². The van der Waals surface area contributed by atoms with Gasteiger partial charge in [-0.2, -0.15) is 10.2 Å². The molecule has 7 heteroatoms. The summed E-state index contributed by atoms with van der Waals surface area (Å²) in [4.78, 5) is 24.3. The third kappa shape index (κ3) is 2.76. The summed E-state index contributed by atoms with van der Waals surface area (Å²) >= 11 is 0. The smallest absolute Gasteiger partial charge is 0.292 e. The van der Waals surface area contributed by atoms with Crippen molar-refractivity contribution in [2.45, 2.75) is 6.42 Å². The van der Waals surface area contributed by atoms with Gasteiger partial charge in [0.05, 0.1) is 17.7 Å². The molecule has 0 saturated heterocycles. The molecule has 2 heterocycles. The van der Waals surface area contributed by atoms with Gasteiger partial charge in [0.1, 0.15) is 5.75 Å². The maximum absolute atomic E-state index is 12.5. The number of aromatic nitrogens is 2. The van der Waals surface area contributed by atoms with Crippen LogP contribution in [0.5, 0.6) is 5.75 Å². The van der Waals surface area contributed by atoms with Gasteiger partial charge in [-0.05, 0) is 18.2 Å². The summed E-state index contributed by atoms with van der Waals surface area (Å²) < 4.78 is 5.57. The molecular weight excluding hydrogens is 320 g/mol. The number of hydrogen-bond acceptors (Lipinski definition) is 5. The van der Waals surface area contributed by atoms with Crippen LogP contribution >= 0.6 is 0 Å². The number of nitrogens with zero attached hydrogens (tertiary/aromatic N) is 2. The summed E-state index contributed by atoms with van der Waals surface area (Å²) in [6.07, 6.45) is 0.594. The zero-order valence-corrected chi connectivity index (χ0v) is 13.2. The molecule has 0 unspecified atom stereocenters. The first-order valence-electron chi connectivity index (χ1n) is 7.80. The Labute approximate surface area is 142 Å². The first-order valence-corrected chi connectivity index (χ1v) is 7.80. The molecule has 0 atom stereocenters. The van der Waals surface area contributed by atoms with E-state index in [9.17, 15) is 9.59 Å². The van der Waals surface area contributed by atoms with Crippen molar-refractivity contribution in [1.82, 2.24) is 15.6 Å². The Bertz CT molecular complexity index is 1060. The Morgan fingerprint density at radius 3 is 2.76 bits per heavy atom. The van der Waals surface area contributed by atoms with E-state index in [0.717, 1.165) is 17.0 Å². The number of H-pyrrole nitrogens is 1. The van der Waals surface area contributed by atoms with Gasteiger partial charge in [0.15, 0.2) is 5.69 Å². The van der Waals surface area contributed by atoms with E-state index in [4.69, 9.17) is 4.74 Å². The Kier molecular flexibility index (Phi) is 3.74. The molecule has 2 aromatic carbocycles. The predicted octanol–water partition coefficient (Wildman–Crippen LogP) is 1.84. The van der Waals surface area contributed by atoms with Crippen LogP contribution in [0.3, 0.4) is 0 Å². The first-order chi connectivity index (χ1) is 12.2. The molecule has 7 nitrogen and oxygen atoms in total. The molecule has 2 N–H and O–H groups in total. The molecule has 3 aromatic rings. The van der Waals surface area contributed by atoms with Crippen LogP contribution in [-0.2, 0) is 0 Å². The number of carbonyl (C=O) groups is 1. The summed E-state index contributed by atoms with van der Waals surface area (Å²) in [6.45, 7) is 0.506. The highest BCUT2D eigenvalue weighted by molar-refractivity contribution is 6.07. The van der Waals surface area contributed by atoms with Crippen molar-refractivity contribution in [3.8, 4) is 5.75 Å². The van der Waals surface area contributed by atoms with Crippen LogP contribution in [0.25, 0.3) is 10.8 Å². The Morgan fingerprint density at radius 2 is 1.88 bits per heavy atom. The van der Waals surface area contributed by atoms with E-state index in [1.165, 1.54) is 0 Å². The molecule has 1 aliphatic rings. The van der Waals surface area contributed by atoms with Gasteiger partial charge in [-0.15, -0.1) is 0 Å². The van der Waals surface area contributed by atoms with Gasteiger partial charge >= 0.3 is 0 Å². The number of hydrazone groups is 1. The fraction of sp³-hybridized carbons (Fsp3) is 0.111. The van der Waals surface area contributed by atoms with Gasteiger partial charge in [-0.3, -0.25) is 9.59 Å². The van der Waals surface area contributed by atoms with E-state index in [1.807, 2.05) is 24.3 Å². The lowest BCUT2D eigenvalue weighted by Gasteiger charge is -2.18. The minimum atomic E-state index is -0.482. The molecule has 1 aromatic heterocycles. The number of para-hydroxylation sites is 1. The number of fused-ring (bicyclic) bond motifs is 2. The molecule has 0 bridgehead atoms. The Balaban J connectivity index is 1.66. The van der Waals surface area contributed by atoms with Gasteiger partial charge in [-0.1, -0.05) is 30.3 Å². The summed E-state index contributed by atoms with van der Waals surface area (Å²) in [5.41, 5.74) is 3.91. The quantitative estimate of drug-likeness (QED) is 0.699. The summed E-state index contributed by atoms with van der Waals surface area (Å²) in [5, 5.41) is 11.3. The number of nitrogens with one attached hydrogen (secondary N) is 2. The van der Waals surface area contributed by atoms with Crippen molar-refractivity contribution in [3.63, 3.8) is 0 Å². The number of carbonyl (C=O) groups excluding carboxylic acids is 1. The number of amides is 1. The second kappa shape index (κ2) is 6.20. The van der Waals surface area contributed by atoms with Gasteiger partial charge in [0.2, 0.25) is 0 Å². The molecular formula is C18H14N4O3. The summed E-state index contributed by atoms with van der Waals surface area (Å²) in [5.74, 6) is 0.262. The van der Waals surface area contributed by atoms with Crippen molar-refractivity contribution in [3.05, 3.63) is 70.1 Å². The summed E-state index contributed by atoms with van der Waals surface area (Å²) in [6, 6.07) is 14.4. The maximum Gasteiger partial charge on any atom is 0.292 e. The zero-order chi connectivity index (χ0) is 17.2. The lowest BCUT2D eigenvalue weighted by molar-refractivity contribution is 0.0950.